The third-order valence-electron chi connectivity index (χ3n) is 2.42. The van der Waals surface area contributed by atoms with E-state index >= 15 is 0 Å². The highest BCUT2D eigenvalue weighted by Crippen LogP contribution is 2.21. The lowest BCUT2D eigenvalue weighted by Gasteiger charge is -2.14. The molecular formula is C11H13FN2. The Morgan fingerprint density at radius 1 is 1.36 bits per heavy atom. The van der Waals surface area contributed by atoms with Crippen molar-refractivity contribution in [1.82, 2.24) is 0 Å². The van der Waals surface area contributed by atoms with Crippen molar-refractivity contribution in [3.05, 3.63) is 29.6 Å². The molecule has 1 aromatic carbocycles. The molecule has 1 heterocycles. The summed E-state index contributed by atoms with van der Waals surface area (Å²) in [5.41, 5.74) is 2.77. The minimum atomic E-state index is -0.159. The number of aryl methyl sites for hydroxylation is 1. The zero-order chi connectivity index (χ0) is 10.1. The molecule has 0 bridgehead atoms. The smallest absolute Gasteiger partial charge is 0.126 e. The first-order valence-electron chi connectivity index (χ1n) is 4.74. The maximum Gasteiger partial charge on any atom is 0.126 e. The van der Waals surface area contributed by atoms with Crippen molar-refractivity contribution in [2.24, 2.45) is 5.10 Å². The Kier molecular flexibility index (Phi) is 2.23. The van der Waals surface area contributed by atoms with Gasteiger partial charge in [0.25, 0.3) is 0 Å². The molecule has 0 spiro atoms. The maximum atomic E-state index is 13.0. The van der Waals surface area contributed by atoms with Crippen LogP contribution in [0.1, 0.15) is 18.9 Å². The van der Waals surface area contributed by atoms with Crippen LogP contribution in [-0.4, -0.2) is 12.3 Å². The van der Waals surface area contributed by atoms with Gasteiger partial charge in [0.05, 0.1) is 5.69 Å². The molecule has 3 heteroatoms. The van der Waals surface area contributed by atoms with Crippen LogP contribution in [0.25, 0.3) is 0 Å². The molecule has 1 aromatic rings. The molecule has 0 fully saturated rings. The van der Waals surface area contributed by atoms with Crippen molar-refractivity contribution in [1.29, 1.82) is 0 Å². The molecule has 0 amide bonds. The summed E-state index contributed by atoms with van der Waals surface area (Å²) in [6.45, 7) is 4.68. The number of rotatable bonds is 1. The van der Waals surface area contributed by atoms with Gasteiger partial charge in [0, 0.05) is 18.7 Å². The number of nitrogens with zero attached hydrogens (tertiary/aromatic N) is 2. The average Bonchev–Trinajstić information content (AvgIpc) is 2.57. The molecule has 0 radical (unpaired) electrons. The van der Waals surface area contributed by atoms with Crippen LogP contribution in [0.3, 0.4) is 0 Å². The molecule has 74 valence electrons. The van der Waals surface area contributed by atoms with Crippen LogP contribution < -0.4 is 5.01 Å². The summed E-state index contributed by atoms with van der Waals surface area (Å²) in [5, 5.41) is 6.28. The van der Waals surface area contributed by atoms with E-state index in [1.54, 1.807) is 13.0 Å². The summed E-state index contributed by atoms with van der Waals surface area (Å²) in [5.74, 6) is -0.159. The SMILES string of the molecule is CC1=NN(c2ccc(F)c(C)c2)CC1. The molecule has 0 atom stereocenters. The lowest BCUT2D eigenvalue weighted by Crippen LogP contribution is -2.11. The van der Waals surface area contributed by atoms with E-state index in [1.807, 2.05) is 18.0 Å². The highest BCUT2D eigenvalue weighted by Gasteiger charge is 2.13. The average molecular weight is 192 g/mol. The third kappa shape index (κ3) is 1.62. The highest BCUT2D eigenvalue weighted by molar-refractivity contribution is 5.85. The van der Waals surface area contributed by atoms with Gasteiger partial charge in [-0.25, -0.2) is 4.39 Å². The first kappa shape index (κ1) is 9.19. The second-order valence-corrected chi connectivity index (χ2v) is 3.64. The minimum absolute atomic E-state index is 0.159. The summed E-state index contributed by atoms with van der Waals surface area (Å²) in [6.07, 6.45) is 0.996. The van der Waals surface area contributed by atoms with E-state index in [0.29, 0.717) is 5.56 Å². The Hall–Kier alpha value is -1.38. The van der Waals surface area contributed by atoms with E-state index in [4.69, 9.17) is 0 Å². The standard InChI is InChI=1S/C11H13FN2/c1-8-7-10(3-4-11(8)12)14-6-5-9(2)13-14/h3-4,7H,5-6H2,1-2H3. The number of anilines is 1. The van der Waals surface area contributed by atoms with Gasteiger partial charge >= 0.3 is 0 Å². The number of hydrazone groups is 1. The van der Waals surface area contributed by atoms with Crippen LogP contribution in [0.2, 0.25) is 0 Å². The zero-order valence-corrected chi connectivity index (χ0v) is 8.42. The summed E-state index contributed by atoms with van der Waals surface area (Å²) >= 11 is 0. The number of halogens is 1. The van der Waals surface area contributed by atoms with Gasteiger partial charge in [-0.05, 0) is 37.6 Å². The van der Waals surface area contributed by atoms with Crippen LogP contribution >= 0.6 is 0 Å². The van der Waals surface area contributed by atoms with E-state index in [0.717, 1.165) is 24.4 Å². The fourth-order valence-electron chi connectivity index (χ4n) is 1.55. The van der Waals surface area contributed by atoms with Gasteiger partial charge in [0.15, 0.2) is 0 Å². The van der Waals surface area contributed by atoms with E-state index in [-0.39, 0.29) is 5.82 Å². The van der Waals surface area contributed by atoms with Crippen molar-refractivity contribution in [3.63, 3.8) is 0 Å². The number of hydrogen-bond donors (Lipinski definition) is 0. The molecule has 0 saturated heterocycles. The molecular weight excluding hydrogens is 179 g/mol. The Labute approximate surface area is 83.0 Å². The van der Waals surface area contributed by atoms with Gasteiger partial charge in [-0.1, -0.05) is 0 Å². The molecule has 0 unspecified atom stereocenters. The Balaban J connectivity index is 2.29. The Bertz CT molecular complexity index is 385. The van der Waals surface area contributed by atoms with Crippen molar-refractivity contribution < 1.29 is 4.39 Å². The molecule has 0 aliphatic carbocycles. The van der Waals surface area contributed by atoms with Crippen molar-refractivity contribution in [3.8, 4) is 0 Å². The molecule has 0 saturated carbocycles. The Morgan fingerprint density at radius 2 is 2.14 bits per heavy atom. The van der Waals surface area contributed by atoms with Crippen LogP contribution in [0.5, 0.6) is 0 Å². The van der Waals surface area contributed by atoms with Crippen molar-refractivity contribution in [2.75, 3.05) is 11.6 Å². The van der Waals surface area contributed by atoms with E-state index in [2.05, 4.69) is 5.10 Å². The topological polar surface area (TPSA) is 15.6 Å². The third-order valence-corrected chi connectivity index (χ3v) is 2.42. The highest BCUT2D eigenvalue weighted by atomic mass is 19.1. The minimum Gasteiger partial charge on any atom is -0.265 e. The van der Waals surface area contributed by atoms with Crippen molar-refractivity contribution >= 4 is 11.4 Å². The molecule has 1 aliphatic rings. The monoisotopic (exact) mass is 192 g/mol. The molecule has 1 aliphatic heterocycles. The lowest BCUT2D eigenvalue weighted by atomic mass is 10.2. The first-order chi connectivity index (χ1) is 6.66. The lowest BCUT2D eigenvalue weighted by molar-refractivity contribution is 0.618. The van der Waals surface area contributed by atoms with E-state index in [9.17, 15) is 4.39 Å². The molecule has 2 rings (SSSR count). The molecule has 0 N–H and O–H groups in total. The van der Waals surface area contributed by atoms with Crippen LogP contribution in [0.15, 0.2) is 23.3 Å². The summed E-state index contributed by atoms with van der Waals surface area (Å²) in [4.78, 5) is 0. The predicted octanol–water partition coefficient (Wildman–Crippen LogP) is 2.72. The summed E-state index contributed by atoms with van der Waals surface area (Å²) < 4.78 is 13.0. The summed E-state index contributed by atoms with van der Waals surface area (Å²) in [6, 6.07) is 5.09. The fourth-order valence-corrected chi connectivity index (χ4v) is 1.55. The maximum absolute atomic E-state index is 13.0. The number of hydrogen-bond acceptors (Lipinski definition) is 2. The second kappa shape index (κ2) is 3.40. The van der Waals surface area contributed by atoms with E-state index in [1.165, 1.54) is 6.07 Å². The van der Waals surface area contributed by atoms with E-state index < -0.39 is 0 Å². The zero-order valence-electron chi connectivity index (χ0n) is 8.42. The molecule has 14 heavy (non-hydrogen) atoms. The van der Waals surface area contributed by atoms with Crippen LogP contribution in [0.4, 0.5) is 10.1 Å². The van der Waals surface area contributed by atoms with Gasteiger partial charge in [-0.2, -0.15) is 5.10 Å². The van der Waals surface area contributed by atoms with Gasteiger partial charge in [-0.3, -0.25) is 5.01 Å². The predicted molar refractivity (Wildman–Crippen MR) is 56.2 cm³/mol. The largest absolute Gasteiger partial charge is 0.265 e. The quantitative estimate of drug-likeness (QED) is 0.668. The van der Waals surface area contributed by atoms with Crippen molar-refractivity contribution in [2.45, 2.75) is 20.3 Å². The fraction of sp³-hybridized carbons (Fsp3) is 0.364. The normalized spacial score (nSPS) is 15.9. The number of benzene rings is 1. The van der Waals surface area contributed by atoms with Gasteiger partial charge in [0.1, 0.15) is 5.82 Å². The van der Waals surface area contributed by atoms with Gasteiger partial charge in [0.2, 0.25) is 0 Å². The Morgan fingerprint density at radius 3 is 2.71 bits per heavy atom. The molecule has 2 nitrogen and oxygen atoms in total. The van der Waals surface area contributed by atoms with Crippen LogP contribution in [0, 0.1) is 12.7 Å². The molecule has 0 aromatic heterocycles. The van der Waals surface area contributed by atoms with Gasteiger partial charge < -0.3 is 0 Å². The second-order valence-electron chi connectivity index (χ2n) is 3.64. The van der Waals surface area contributed by atoms with Gasteiger partial charge in [-0.15, -0.1) is 0 Å². The summed E-state index contributed by atoms with van der Waals surface area (Å²) in [7, 11) is 0. The van der Waals surface area contributed by atoms with Crippen LogP contribution in [-0.2, 0) is 0 Å². The first-order valence-corrected chi connectivity index (χ1v) is 4.74.